The molecule has 5 nitrogen and oxygen atoms in total. The highest BCUT2D eigenvalue weighted by Crippen LogP contribution is 2.35. The predicted octanol–water partition coefficient (Wildman–Crippen LogP) is 3.14. The van der Waals surface area contributed by atoms with Crippen molar-refractivity contribution in [1.29, 1.82) is 0 Å². The van der Waals surface area contributed by atoms with E-state index in [1.807, 2.05) is 37.3 Å². The van der Waals surface area contributed by atoms with E-state index in [0.717, 1.165) is 17.5 Å². The molecule has 6 heteroatoms. The molecule has 0 bridgehead atoms. The Balaban J connectivity index is 1.64. The van der Waals surface area contributed by atoms with Crippen molar-refractivity contribution in [1.82, 2.24) is 0 Å². The molecule has 0 saturated carbocycles. The largest absolute Gasteiger partial charge is 0.486 e. The van der Waals surface area contributed by atoms with E-state index in [9.17, 15) is 8.42 Å². The maximum Gasteiger partial charge on any atom is 0.232 e. The molecule has 0 aromatic heterocycles. The van der Waals surface area contributed by atoms with Crippen LogP contribution in [0, 0.1) is 6.92 Å². The fourth-order valence-electron chi connectivity index (χ4n) is 2.63. The fraction of sp³-hybridized carbons (Fsp3) is 0.333. The molecule has 1 aliphatic rings. The van der Waals surface area contributed by atoms with Crippen LogP contribution in [0.3, 0.4) is 0 Å². The van der Waals surface area contributed by atoms with Crippen LogP contribution in [0.2, 0.25) is 0 Å². The van der Waals surface area contributed by atoms with Gasteiger partial charge >= 0.3 is 0 Å². The van der Waals surface area contributed by atoms with Crippen LogP contribution in [0.1, 0.15) is 17.5 Å². The zero-order valence-corrected chi connectivity index (χ0v) is 14.4. The monoisotopic (exact) mass is 347 g/mol. The Hall–Kier alpha value is -2.21. The van der Waals surface area contributed by atoms with E-state index in [0.29, 0.717) is 36.8 Å². The molecular weight excluding hydrogens is 326 g/mol. The molecule has 2 aromatic rings. The number of sulfonamides is 1. The second-order valence-electron chi connectivity index (χ2n) is 5.82. The zero-order valence-electron chi connectivity index (χ0n) is 13.6. The Morgan fingerprint density at radius 2 is 1.71 bits per heavy atom. The van der Waals surface area contributed by atoms with Gasteiger partial charge in [-0.25, -0.2) is 8.42 Å². The van der Waals surface area contributed by atoms with Crippen molar-refractivity contribution in [2.24, 2.45) is 0 Å². The predicted molar refractivity (Wildman–Crippen MR) is 94.3 cm³/mol. The minimum atomic E-state index is -3.40. The van der Waals surface area contributed by atoms with Crippen LogP contribution in [0.15, 0.2) is 42.5 Å². The van der Waals surface area contributed by atoms with Gasteiger partial charge in [0, 0.05) is 6.07 Å². The zero-order chi connectivity index (χ0) is 17.0. The highest BCUT2D eigenvalue weighted by atomic mass is 32.2. The lowest BCUT2D eigenvalue weighted by Gasteiger charge is -2.20. The highest BCUT2D eigenvalue weighted by molar-refractivity contribution is 7.92. The summed E-state index contributed by atoms with van der Waals surface area (Å²) >= 11 is 0. The van der Waals surface area contributed by atoms with Gasteiger partial charge in [0.25, 0.3) is 0 Å². The van der Waals surface area contributed by atoms with Crippen LogP contribution < -0.4 is 14.2 Å². The standard InChI is InChI=1S/C18H21NO4S/c1-14-12-17-18(23-10-9-22-17)13-16(14)19-24(20,21)11-5-8-15-6-3-2-4-7-15/h2-4,6-7,12-13,19H,5,8-11H2,1H3. The maximum atomic E-state index is 12.3. The fourth-order valence-corrected chi connectivity index (χ4v) is 3.81. The van der Waals surface area contributed by atoms with Gasteiger partial charge in [0.1, 0.15) is 13.2 Å². The van der Waals surface area contributed by atoms with Gasteiger partial charge in [-0.1, -0.05) is 30.3 Å². The first-order chi connectivity index (χ1) is 11.5. The molecule has 24 heavy (non-hydrogen) atoms. The van der Waals surface area contributed by atoms with Gasteiger partial charge in [-0.15, -0.1) is 0 Å². The topological polar surface area (TPSA) is 64.6 Å². The van der Waals surface area contributed by atoms with Crippen LogP contribution in [-0.4, -0.2) is 27.4 Å². The molecule has 3 rings (SSSR count). The van der Waals surface area contributed by atoms with Crippen LogP contribution in [-0.2, 0) is 16.4 Å². The van der Waals surface area contributed by atoms with Gasteiger partial charge in [0.05, 0.1) is 11.4 Å². The Morgan fingerprint density at radius 1 is 1.04 bits per heavy atom. The molecule has 0 amide bonds. The lowest BCUT2D eigenvalue weighted by atomic mass is 10.1. The summed E-state index contributed by atoms with van der Waals surface area (Å²) in [6.07, 6.45) is 1.31. The van der Waals surface area contributed by atoms with Crippen molar-refractivity contribution >= 4 is 15.7 Å². The van der Waals surface area contributed by atoms with Gasteiger partial charge in [-0.3, -0.25) is 4.72 Å². The highest BCUT2D eigenvalue weighted by Gasteiger charge is 2.17. The Kier molecular flexibility index (Phi) is 4.94. The van der Waals surface area contributed by atoms with Gasteiger partial charge < -0.3 is 9.47 Å². The Labute approximate surface area is 142 Å². The van der Waals surface area contributed by atoms with Crippen LogP contribution in [0.5, 0.6) is 11.5 Å². The minimum absolute atomic E-state index is 0.0791. The maximum absolute atomic E-state index is 12.3. The molecular formula is C18H21NO4S. The lowest BCUT2D eigenvalue weighted by molar-refractivity contribution is 0.171. The summed E-state index contributed by atoms with van der Waals surface area (Å²) in [5, 5.41) is 0. The third kappa shape index (κ3) is 4.20. The number of rotatable bonds is 6. The normalized spacial score (nSPS) is 13.5. The van der Waals surface area contributed by atoms with E-state index in [2.05, 4.69) is 4.72 Å². The molecule has 0 saturated heterocycles. The van der Waals surface area contributed by atoms with Crippen molar-refractivity contribution in [3.63, 3.8) is 0 Å². The van der Waals surface area contributed by atoms with Gasteiger partial charge in [-0.05, 0) is 37.0 Å². The van der Waals surface area contributed by atoms with Gasteiger partial charge in [0.2, 0.25) is 10.0 Å². The van der Waals surface area contributed by atoms with Crippen LogP contribution in [0.25, 0.3) is 0 Å². The molecule has 0 spiro atoms. The summed E-state index contributed by atoms with van der Waals surface area (Å²) in [6, 6.07) is 13.4. The average molecular weight is 347 g/mol. The number of fused-ring (bicyclic) bond motifs is 1. The summed E-state index contributed by atoms with van der Waals surface area (Å²) in [7, 11) is -3.40. The number of ether oxygens (including phenoxy) is 2. The molecule has 0 fully saturated rings. The number of nitrogens with one attached hydrogen (secondary N) is 1. The lowest BCUT2D eigenvalue weighted by Crippen LogP contribution is -2.19. The average Bonchev–Trinajstić information content (AvgIpc) is 2.56. The molecule has 2 aromatic carbocycles. The van der Waals surface area contributed by atoms with E-state index < -0.39 is 10.0 Å². The summed E-state index contributed by atoms with van der Waals surface area (Å²) < 4.78 is 38.3. The quantitative estimate of drug-likeness (QED) is 0.872. The third-order valence-electron chi connectivity index (χ3n) is 3.88. The number of benzene rings is 2. The molecule has 0 aliphatic carbocycles. The van der Waals surface area contributed by atoms with Crippen LogP contribution >= 0.6 is 0 Å². The third-order valence-corrected chi connectivity index (χ3v) is 5.23. The first kappa shape index (κ1) is 16.6. The number of hydrogen-bond acceptors (Lipinski definition) is 4. The van der Waals surface area contributed by atoms with Crippen LogP contribution in [0.4, 0.5) is 5.69 Å². The van der Waals surface area contributed by atoms with Crippen molar-refractivity contribution in [2.45, 2.75) is 19.8 Å². The van der Waals surface area contributed by atoms with Crippen molar-refractivity contribution in [2.75, 3.05) is 23.7 Å². The molecule has 128 valence electrons. The van der Waals surface area contributed by atoms with Crippen molar-refractivity contribution in [3.05, 3.63) is 53.6 Å². The first-order valence-electron chi connectivity index (χ1n) is 7.98. The van der Waals surface area contributed by atoms with E-state index in [-0.39, 0.29) is 5.75 Å². The van der Waals surface area contributed by atoms with E-state index in [4.69, 9.17) is 9.47 Å². The number of hydrogen-bond donors (Lipinski definition) is 1. The summed E-state index contributed by atoms with van der Waals surface area (Å²) in [6.45, 7) is 2.83. The van der Waals surface area contributed by atoms with Crippen molar-refractivity contribution in [3.8, 4) is 11.5 Å². The molecule has 1 N–H and O–H groups in total. The van der Waals surface area contributed by atoms with Crippen molar-refractivity contribution < 1.29 is 17.9 Å². The molecule has 1 heterocycles. The second kappa shape index (κ2) is 7.13. The summed E-state index contributed by atoms with van der Waals surface area (Å²) in [5.41, 5.74) is 2.49. The number of anilines is 1. The molecule has 0 atom stereocenters. The first-order valence-corrected chi connectivity index (χ1v) is 9.63. The molecule has 0 unspecified atom stereocenters. The van der Waals surface area contributed by atoms with E-state index in [1.54, 1.807) is 12.1 Å². The number of aryl methyl sites for hydroxylation is 2. The smallest absolute Gasteiger partial charge is 0.232 e. The summed E-state index contributed by atoms with van der Waals surface area (Å²) in [5.74, 6) is 1.31. The SMILES string of the molecule is Cc1cc2c(cc1NS(=O)(=O)CCCc1ccccc1)OCCO2. The van der Waals surface area contributed by atoms with E-state index in [1.165, 1.54) is 0 Å². The Bertz CT molecular complexity index is 803. The molecule has 0 radical (unpaired) electrons. The van der Waals surface area contributed by atoms with E-state index >= 15 is 0 Å². The minimum Gasteiger partial charge on any atom is -0.486 e. The van der Waals surface area contributed by atoms with Gasteiger partial charge in [0.15, 0.2) is 11.5 Å². The Morgan fingerprint density at radius 3 is 2.42 bits per heavy atom. The molecule has 1 aliphatic heterocycles. The van der Waals surface area contributed by atoms with Gasteiger partial charge in [-0.2, -0.15) is 0 Å². The second-order valence-corrected chi connectivity index (χ2v) is 7.66. The summed E-state index contributed by atoms with van der Waals surface area (Å²) in [4.78, 5) is 0.